The van der Waals surface area contributed by atoms with Crippen molar-refractivity contribution in [1.82, 2.24) is 34.8 Å². The average molecular weight is 720 g/mol. The van der Waals surface area contributed by atoms with Crippen molar-refractivity contribution in [3.05, 3.63) is 12.7 Å². The minimum absolute atomic E-state index is 0.00452. The first-order valence-corrected chi connectivity index (χ1v) is 18.8. The molecule has 14 nitrogen and oxygen atoms in total. The van der Waals surface area contributed by atoms with Crippen LogP contribution in [-0.2, 0) is 29.4 Å². The number of ketones is 1. The van der Waals surface area contributed by atoms with Crippen LogP contribution in [0.2, 0.25) is 0 Å². The molecule has 3 fully saturated rings. The topological polar surface area (TPSA) is 177 Å². The van der Waals surface area contributed by atoms with Gasteiger partial charge in [-0.2, -0.15) is 17.0 Å². The Bertz CT molecular complexity index is 1460. The number of nitrogens with zero attached hydrogens (tertiary/aromatic N) is 3. The molecule has 0 aromatic heterocycles. The summed E-state index contributed by atoms with van der Waals surface area (Å²) in [7, 11) is 0.569. The second kappa shape index (κ2) is 16.2. The van der Waals surface area contributed by atoms with Crippen molar-refractivity contribution in [2.45, 2.75) is 97.3 Å². The van der Waals surface area contributed by atoms with Crippen molar-refractivity contribution in [3.8, 4) is 12.3 Å². The van der Waals surface area contributed by atoms with Gasteiger partial charge in [-0.05, 0) is 41.4 Å². The number of urea groups is 1. The molecule has 2 saturated carbocycles. The van der Waals surface area contributed by atoms with Crippen LogP contribution < -0.4 is 21.3 Å². The smallest absolute Gasteiger partial charge is 0.315 e. The lowest BCUT2D eigenvalue weighted by Gasteiger charge is -2.38. The van der Waals surface area contributed by atoms with Gasteiger partial charge < -0.3 is 26.2 Å². The molecule has 0 spiro atoms. The van der Waals surface area contributed by atoms with E-state index < -0.39 is 69.3 Å². The molecule has 50 heavy (non-hydrogen) atoms. The quantitative estimate of drug-likeness (QED) is 0.112. The first-order valence-electron chi connectivity index (χ1n) is 17.4. The van der Waals surface area contributed by atoms with Crippen molar-refractivity contribution >= 4 is 39.7 Å². The summed E-state index contributed by atoms with van der Waals surface area (Å²) in [5, 5.41) is 10.9. The molecular formula is C35H57N7O7S. The lowest BCUT2D eigenvalue weighted by molar-refractivity contribution is -0.144. The third kappa shape index (κ3) is 9.24. The summed E-state index contributed by atoms with van der Waals surface area (Å²) in [5.74, 6) is -0.750. The molecule has 1 aliphatic heterocycles. The van der Waals surface area contributed by atoms with E-state index in [1.165, 1.54) is 36.4 Å². The van der Waals surface area contributed by atoms with E-state index in [0.717, 1.165) is 23.6 Å². The molecule has 280 valence electrons. The molecular weight excluding hydrogens is 662 g/mol. The molecule has 6 atom stereocenters. The third-order valence-electron chi connectivity index (χ3n) is 10.7. The first kappa shape index (κ1) is 40.9. The minimum atomic E-state index is -3.75. The highest BCUT2D eigenvalue weighted by atomic mass is 32.2. The average Bonchev–Trinajstić information content (AvgIpc) is 3.35. The molecule has 0 bridgehead atoms. The van der Waals surface area contributed by atoms with E-state index >= 15 is 0 Å². The van der Waals surface area contributed by atoms with E-state index in [0.29, 0.717) is 19.4 Å². The predicted molar refractivity (Wildman–Crippen MR) is 190 cm³/mol. The monoisotopic (exact) mass is 719 g/mol. The zero-order chi connectivity index (χ0) is 37.8. The number of carbonyl (C=O) groups excluding carboxylic acids is 5. The summed E-state index contributed by atoms with van der Waals surface area (Å²) in [6.07, 6.45) is 10.9. The Balaban J connectivity index is 1.87. The molecule has 1 unspecified atom stereocenters. The summed E-state index contributed by atoms with van der Waals surface area (Å²) < 4.78 is 27.8. The van der Waals surface area contributed by atoms with Crippen LogP contribution in [0.1, 0.15) is 73.1 Å². The molecule has 4 N–H and O–H groups in total. The fourth-order valence-electron chi connectivity index (χ4n) is 7.34. The van der Waals surface area contributed by atoms with Gasteiger partial charge in [-0.3, -0.25) is 19.2 Å². The molecule has 0 aromatic carbocycles. The number of terminal acetylenes is 1. The van der Waals surface area contributed by atoms with Crippen LogP contribution in [0.3, 0.4) is 0 Å². The van der Waals surface area contributed by atoms with Gasteiger partial charge in [0.2, 0.25) is 17.6 Å². The second-order valence-corrected chi connectivity index (χ2v) is 18.0. The molecule has 3 aliphatic rings. The summed E-state index contributed by atoms with van der Waals surface area (Å²) >= 11 is 0. The standard InChI is InChI=1S/C35H57N7O7S/c1-11-16-24(29(43)31(45)36-19-12-2)37-30(44)28-26-23(35(26,6)7)20-42(28)32(46)27(22-17-14-13-15-18-22)39-33(47)38-25(34(3,4)5)21-41(10)50(48,49)40(8)9/h1,12,22-28H,2,13-21H2,3-10H3,(H,36,45)(H,37,44)(H2,38,39,47)/t23-,24?,25+,26-,27-,28-/m0/s1. The number of Topliss-reactive ketones (excluding diaryl/α,β-unsaturated/α-hetero) is 1. The fourth-order valence-corrected chi connectivity index (χ4v) is 8.24. The first-order chi connectivity index (χ1) is 23.2. The Hall–Kier alpha value is -3.48. The molecule has 15 heteroatoms. The van der Waals surface area contributed by atoms with Gasteiger partial charge >= 0.3 is 6.03 Å². The van der Waals surface area contributed by atoms with Gasteiger partial charge in [-0.15, -0.1) is 18.9 Å². The van der Waals surface area contributed by atoms with E-state index in [4.69, 9.17) is 6.42 Å². The minimum Gasteiger partial charge on any atom is -0.346 e. The zero-order valence-electron chi connectivity index (χ0n) is 30.9. The number of hydrogen-bond donors (Lipinski definition) is 4. The highest BCUT2D eigenvalue weighted by Crippen LogP contribution is 2.65. The number of fused-ring (bicyclic) bond motifs is 1. The Morgan fingerprint density at radius 1 is 1.04 bits per heavy atom. The van der Waals surface area contributed by atoms with Crippen LogP contribution in [0.15, 0.2) is 12.7 Å². The number of hydrogen-bond acceptors (Lipinski definition) is 7. The Morgan fingerprint density at radius 2 is 1.66 bits per heavy atom. The Labute approximate surface area is 298 Å². The van der Waals surface area contributed by atoms with Gasteiger partial charge in [0.25, 0.3) is 16.1 Å². The normalized spacial score (nSPS) is 23.5. The van der Waals surface area contributed by atoms with Gasteiger partial charge in [-0.25, -0.2) is 4.79 Å². The van der Waals surface area contributed by atoms with E-state index in [2.05, 4.69) is 33.8 Å². The lowest BCUT2D eigenvalue weighted by Crippen LogP contribution is -2.62. The van der Waals surface area contributed by atoms with E-state index in [-0.39, 0.29) is 42.7 Å². The van der Waals surface area contributed by atoms with Crippen LogP contribution in [0.4, 0.5) is 4.79 Å². The second-order valence-electron chi connectivity index (χ2n) is 15.7. The number of amides is 5. The molecule has 5 amide bonds. The van der Waals surface area contributed by atoms with Gasteiger partial charge in [0.05, 0.1) is 0 Å². The number of rotatable bonds is 15. The maximum Gasteiger partial charge on any atom is 0.315 e. The number of carbonyl (C=O) groups is 5. The SMILES string of the molecule is C#CCC(NC(=O)[C@@H]1[C@@H]2[C@H](CN1C(=O)[C@@H](NC(=O)N[C@H](CN(C)S(=O)(=O)N(C)C)C(C)(C)C)C1CCCCC1)C2(C)C)C(=O)C(=O)NCC=C. The summed E-state index contributed by atoms with van der Waals surface area (Å²) in [6.45, 7) is 13.6. The largest absolute Gasteiger partial charge is 0.346 e. The highest BCUT2D eigenvalue weighted by Gasteiger charge is 2.69. The lowest BCUT2D eigenvalue weighted by atomic mass is 9.83. The molecule has 3 rings (SSSR count). The van der Waals surface area contributed by atoms with Gasteiger partial charge in [-0.1, -0.05) is 60.0 Å². The van der Waals surface area contributed by atoms with Crippen molar-refractivity contribution < 1.29 is 32.4 Å². The Kier molecular flexibility index (Phi) is 13.3. The van der Waals surface area contributed by atoms with Crippen molar-refractivity contribution in [2.75, 3.05) is 40.8 Å². The summed E-state index contributed by atoms with van der Waals surface area (Å²) in [6, 6.07) is -4.38. The number of likely N-dealkylation sites (tertiary alicyclic amines) is 1. The van der Waals surface area contributed by atoms with Gasteiger partial charge in [0.15, 0.2) is 0 Å². The molecule has 0 radical (unpaired) electrons. The summed E-state index contributed by atoms with van der Waals surface area (Å²) in [4.78, 5) is 69.1. The molecule has 0 aromatic rings. The van der Waals surface area contributed by atoms with E-state index in [1.807, 2.05) is 34.6 Å². The number of nitrogens with one attached hydrogen (secondary N) is 4. The van der Waals surface area contributed by atoms with Crippen LogP contribution >= 0.6 is 0 Å². The highest BCUT2D eigenvalue weighted by molar-refractivity contribution is 7.86. The maximum atomic E-state index is 14.5. The maximum absolute atomic E-state index is 14.5. The number of piperidine rings is 1. The van der Waals surface area contributed by atoms with Crippen molar-refractivity contribution in [1.29, 1.82) is 0 Å². The van der Waals surface area contributed by atoms with E-state index in [1.54, 1.807) is 0 Å². The van der Waals surface area contributed by atoms with Gasteiger partial charge in [0, 0.05) is 53.2 Å². The van der Waals surface area contributed by atoms with Gasteiger partial charge in [0.1, 0.15) is 18.1 Å². The Morgan fingerprint density at radius 3 is 2.20 bits per heavy atom. The molecule has 1 saturated heterocycles. The van der Waals surface area contributed by atoms with Crippen molar-refractivity contribution in [2.24, 2.45) is 28.6 Å². The van der Waals surface area contributed by atoms with E-state index in [9.17, 15) is 32.4 Å². The van der Waals surface area contributed by atoms with Crippen LogP contribution in [-0.4, -0.2) is 116 Å². The molecule has 1 heterocycles. The zero-order valence-corrected chi connectivity index (χ0v) is 31.7. The fraction of sp³-hybridized carbons (Fsp3) is 0.743. The number of likely N-dealkylation sites (N-methyl/N-ethyl adjacent to an activating group) is 1. The van der Waals surface area contributed by atoms with Crippen LogP contribution in [0.5, 0.6) is 0 Å². The molecule has 2 aliphatic carbocycles. The predicted octanol–water partition coefficient (Wildman–Crippen LogP) is 1.25. The van der Waals surface area contributed by atoms with Crippen molar-refractivity contribution in [3.63, 3.8) is 0 Å². The third-order valence-corrected chi connectivity index (χ3v) is 12.5. The van der Waals surface area contributed by atoms with Crippen LogP contribution in [0.25, 0.3) is 0 Å². The van der Waals surface area contributed by atoms with Crippen LogP contribution in [0, 0.1) is 40.9 Å². The summed E-state index contributed by atoms with van der Waals surface area (Å²) in [5.41, 5.74) is -0.784.